The van der Waals surface area contributed by atoms with E-state index in [1.807, 2.05) is 30.5 Å². The molecule has 0 amide bonds. The van der Waals surface area contributed by atoms with Gasteiger partial charge in [-0.25, -0.2) is 0 Å². The molecule has 58 valence electrons. The van der Waals surface area contributed by atoms with Crippen LogP contribution < -0.4 is 4.65 Å². The van der Waals surface area contributed by atoms with Gasteiger partial charge in [0.2, 0.25) is 0 Å². The lowest BCUT2D eigenvalue weighted by molar-refractivity contribution is 0.447. The molecular formula is C7H9BO2S. The maximum Gasteiger partial charge on any atom is 0.504 e. The summed E-state index contributed by atoms with van der Waals surface area (Å²) in [6.45, 7) is 0. The van der Waals surface area contributed by atoms with Gasteiger partial charge in [0, 0.05) is 4.90 Å². The van der Waals surface area contributed by atoms with Crippen LogP contribution >= 0.6 is 11.8 Å². The highest BCUT2D eigenvalue weighted by Crippen LogP contribution is 2.26. The lowest BCUT2D eigenvalue weighted by Gasteiger charge is -2.05. The molecule has 0 saturated carbocycles. The van der Waals surface area contributed by atoms with Crippen LogP contribution in [0.1, 0.15) is 0 Å². The maximum atomic E-state index is 8.51. The molecule has 0 aliphatic carbocycles. The van der Waals surface area contributed by atoms with E-state index in [0.717, 1.165) is 10.6 Å². The predicted molar refractivity (Wildman–Crippen MR) is 48.2 cm³/mol. The zero-order chi connectivity index (χ0) is 8.10. The van der Waals surface area contributed by atoms with Crippen molar-refractivity contribution in [2.75, 3.05) is 6.26 Å². The third kappa shape index (κ3) is 2.17. The van der Waals surface area contributed by atoms with Crippen molar-refractivity contribution in [3.8, 4) is 5.75 Å². The van der Waals surface area contributed by atoms with Crippen LogP contribution in [0.25, 0.3) is 0 Å². The van der Waals surface area contributed by atoms with Crippen LogP contribution in [0.3, 0.4) is 0 Å². The van der Waals surface area contributed by atoms with Crippen LogP contribution in [-0.4, -0.2) is 19.0 Å². The van der Waals surface area contributed by atoms with E-state index >= 15 is 0 Å². The van der Waals surface area contributed by atoms with Crippen molar-refractivity contribution in [2.45, 2.75) is 4.90 Å². The zero-order valence-electron chi connectivity index (χ0n) is 6.28. The Bertz CT molecular complexity index is 229. The quantitative estimate of drug-likeness (QED) is 0.540. The summed E-state index contributed by atoms with van der Waals surface area (Å²) >= 11 is 1.60. The fraction of sp³-hybridized carbons (Fsp3) is 0.143. The Morgan fingerprint density at radius 3 is 2.82 bits per heavy atom. The zero-order valence-corrected chi connectivity index (χ0v) is 7.10. The van der Waals surface area contributed by atoms with Crippen LogP contribution in [0, 0.1) is 0 Å². The van der Waals surface area contributed by atoms with Crippen molar-refractivity contribution >= 4 is 19.4 Å². The molecule has 1 N–H and O–H groups in total. The monoisotopic (exact) mass is 168 g/mol. The summed E-state index contributed by atoms with van der Waals surface area (Å²) in [5.74, 6) is 0.738. The first-order valence-electron chi connectivity index (χ1n) is 3.25. The van der Waals surface area contributed by atoms with Crippen molar-refractivity contribution in [1.29, 1.82) is 0 Å². The molecule has 1 aromatic carbocycles. The molecule has 0 fully saturated rings. The molecule has 1 aromatic rings. The van der Waals surface area contributed by atoms with Gasteiger partial charge in [-0.05, 0) is 18.4 Å². The molecule has 0 spiro atoms. The van der Waals surface area contributed by atoms with E-state index in [2.05, 4.69) is 0 Å². The second-order valence-corrected chi connectivity index (χ2v) is 2.77. The number of rotatable bonds is 3. The normalized spacial score (nSPS) is 9.27. The molecule has 0 aliphatic heterocycles. The van der Waals surface area contributed by atoms with E-state index in [-0.39, 0.29) is 7.69 Å². The molecular weight excluding hydrogens is 159 g/mol. The molecule has 0 saturated heterocycles. The first-order valence-corrected chi connectivity index (χ1v) is 4.47. The predicted octanol–water partition coefficient (Wildman–Crippen LogP) is 1.05. The van der Waals surface area contributed by atoms with Gasteiger partial charge in [-0.2, -0.15) is 0 Å². The fourth-order valence-corrected chi connectivity index (χ4v) is 1.35. The average Bonchev–Trinajstić information content (AvgIpc) is 2.06. The van der Waals surface area contributed by atoms with E-state index in [1.165, 1.54) is 0 Å². The van der Waals surface area contributed by atoms with Gasteiger partial charge in [0.25, 0.3) is 0 Å². The van der Waals surface area contributed by atoms with Gasteiger partial charge in [-0.3, -0.25) is 0 Å². The Balaban J connectivity index is 2.83. The SMILES string of the molecule is CSc1ccccc1OBO. The van der Waals surface area contributed by atoms with Gasteiger partial charge in [0.15, 0.2) is 0 Å². The number of thioether (sulfide) groups is 1. The molecule has 11 heavy (non-hydrogen) atoms. The first kappa shape index (κ1) is 8.49. The number of hydrogen-bond donors (Lipinski definition) is 1. The summed E-state index contributed by atoms with van der Waals surface area (Å²) in [5.41, 5.74) is 0. The Morgan fingerprint density at radius 2 is 2.18 bits per heavy atom. The van der Waals surface area contributed by atoms with Crippen LogP contribution in [0.4, 0.5) is 0 Å². The highest BCUT2D eigenvalue weighted by atomic mass is 32.2. The van der Waals surface area contributed by atoms with Crippen molar-refractivity contribution < 1.29 is 9.68 Å². The second kappa shape index (κ2) is 4.31. The molecule has 0 heterocycles. The minimum atomic E-state index is -0.266. The summed E-state index contributed by atoms with van der Waals surface area (Å²) in [4.78, 5) is 1.04. The van der Waals surface area contributed by atoms with Gasteiger partial charge in [0.05, 0.1) is 0 Å². The summed E-state index contributed by atoms with van der Waals surface area (Å²) in [5, 5.41) is 8.51. The standard InChI is InChI=1S/C7H9BO2S/c1-11-7-5-3-2-4-6(7)10-8-9/h2-5,8-9H,1H3. The third-order valence-corrected chi connectivity index (χ3v) is 2.07. The van der Waals surface area contributed by atoms with Gasteiger partial charge in [0.1, 0.15) is 5.75 Å². The van der Waals surface area contributed by atoms with Crippen LogP contribution in [0.5, 0.6) is 5.75 Å². The third-order valence-electron chi connectivity index (χ3n) is 1.29. The first-order chi connectivity index (χ1) is 5.38. The largest absolute Gasteiger partial charge is 0.538 e. The van der Waals surface area contributed by atoms with Crippen molar-refractivity contribution in [3.05, 3.63) is 24.3 Å². The lowest BCUT2D eigenvalue weighted by Crippen LogP contribution is -2.00. The van der Waals surface area contributed by atoms with Crippen molar-refractivity contribution in [3.63, 3.8) is 0 Å². The molecule has 0 aliphatic rings. The van der Waals surface area contributed by atoms with E-state index in [9.17, 15) is 0 Å². The van der Waals surface area contributed by atoms with Gasteiger partial charge >= 0.3 is 7.69 Å². The molecule has 4 heteroatoms. The molecule has 2 nitrogen and oxygen atoms in total. The van der Waals surface area contributed by atoms with E-state index in [0.29, 0.717) is 0 Å². The van der Waals surface area contributed by atoms with Crippen LogP contribution in [0.15, 0.2) is 29.2 Å². The molecule has 0 radical (unpaired) electrons. The van der Waals surface area contributed by atoms with Gasteiger partial charge in [-0.1, -0.05) is 12.1 Å². The number of para-hydroxylation sites is 1. The van der Waals surface area contributed by atoms with E-state index in [1.54, 1.807) is 11.8 Å². The minimum absolute atomic E-state index is 0.266. The maximum absolute atomic E-state index is 8.51. The van der Waals surface area contributed by atoms with E-state index < -0.39 is 0 Å². The molecule has 0 bridgehead atoms. The topological polar surface area (TPSA) is 29.5 Å². The number of benzene rings is 1. The molecule has 0 atom stereocenters. The highest BCUT2D eigenvalue weighted by Gasteiger charge is 1.99. The average molecular weight is 168 g/mol. The summed E-state index contributed by atoms with van der Waals surface area (Å²) in [7, 11) is -0.266. The van der Waals surface area contributed by atoms with Crippen LogP contribution in [-0.2, 0) is 0 Å². The Labute approximate surface area is 70.9 Å². The second-order valence-electron chi connectivity index (χ2n) is 1.92. The Hall–Kier alpha value is -0.605. The fourth-order valence-electron chi connectivity index (χ4n) is 0.808. The summed E-state index contributed by atoms with van der Waals surface area (Å²) < 4.78 is 4.96. The minimum Gasteiger partial charge on any atom is -0.538 e. The summed E-state index contributed by atoms with van der Waals surface area (Å²) in [6.07, 6.45) is 1.97. The number of hydrogen-bond acceptors (Lipinski definition) is 3. The molecule has 0 unspecified atom stereocenters. The smallest absolute Gasteiger partial charge is 0.504 e. The lowest BCUT2D eigenvalue weighted by atomic mass is 10.3. The van der Waals surface area contributed by atoms with Gasteiger partial charge in [-0.15, -0.1) is 11.8 Å². The summed E-state index contributed by atoms with van der Waals surface area (Å²) in [6, 6.07) is 7.61. The molecule has 0 aromatic heterocycles. The van der Waals surface area contributed by atoms with Gasteiger partial charge < -0.3 is 9.68 Å². The van der Waals surface area contributed by atoms with Crippen molar-refractivity contribution in [1.82, 2.24) is 0 Å². The Morgan fingerprint density at radius 1 is 1.45 bits per heavy atom. The highest BCUT2D eigenvalue weighted by molar-refractivity contribution is 7.98. The Kier molecular flexibility index (Phi) is 3.33. The molecule has 1 rings (SSSR count). The van der Waals surface area contributed by atoms with E-state index in [4.69, 9.17) is 9.68 Å². The van der Waals surface area contributed by atoms with Crippen LogP contribution in [0.2, 0.25) is 0 Å². The van der Waals surface area contributed by atoms with Crippen molar-refractivity contribution in [2.24, 2.45) is 0 Å².